The van der Waals surface area contributed by atoms with E-state index in [4.69, 9.17) is 30.8 Å². The lowest BCUT2D eigenvalue weighted by Gasteiger charge is -2.26. The van der Waals surface area contributed by atoms with Gasteiger partial charge in [0.15, 0.2) is 16.3 Å². The molecular formula is C40H34ClN3O5S. The Morgan fingerprint density at radius 2 is 1.78 bits per heavy atom. The zero-order valence-corrected chi connectivity index (χ0v) is 29.5. The summed E-state index contributed by atoms with van der Waals surface area (Å²) in [5.74, 6) is 0.453. The molecule has 4 aromatic carbocycles. The van der Waals surface area contributed by atoms with Crippen LogP contribution in [-0.2, 0) is 16.1 Å². The number of esters is 1. The molecule has 0 N–H and O–H groups in total. The van der Waals surface area contributed by atoms with Gasteiger partial charge in [-0.15, -0.1) is 0 Å². The molecule has 0 saturated heterocycles. The van der Waals surface area contributed by atoms with Crippen LogP contribution in [0.15, 0.2) is 106 Å². The monoisotopic (exact) mass is 703 g/mol. The van der Waals surface area contributed by atoms with Gasteiger partial charge in [-0.25, -0.2) is 9.79 Å². The minimum Gasteiger partial charge on any atom is -0.493 e. The summed E-state index contributed by atoms with van der Waals surface area (Å²) >= 11 is 7.94. The highest BCUT2D eigenvalue weighted by Crippen LogP contribution is 2.38. The van der Waals surface area contributed by atoms with Crippen LogP contribution in [0, 0.1) is 11.3 Å². The Morgan fingerprint density at radius 3 is 2.46 bits per heavy atom. The van der Waals surface area contributed by atoms with Crippen LogP contribution in [0.25, 0.3) is 11.8 Å². The van der Waals surface area contributed by atoms with E-state index in [-0.39, 0.29) is 23.8 Å². The lowest BCUT2D eigenvalue weighted by molar-refractivity contribution is -0.138. The molecule has 1 aromatic heterocycles. The van der Waals surface area contributed by atoms with Gasteiger partial charge in [0.25, 0.3) is 5.56 Å². The second-order valence-corrected chi connectivity index (χ2v) is 13.3. The van der Waals surface area contributed by atoms with Crippen molar-refractivity contribution in [1.29, 1.82) is 5.26 Å². The number of methoxy groups -OCH3 is 1. The maximum absolute atomic E-state index is 14.4. The summed E-state index contributed by atoms with van der Waals surface area (Å²) in [5.41, 5.74) is 4.89. The molecule has 0 bridgehead atoms. The number of aromatic nitrogens is 1. The summed E-state index contributed by atoms with van der Waals surface area (Å²) in [5, 5.41) is 9.74. The quantitative estimate of drug-likeness (QED) is 0.143. The number of hydrogen-bond acceptors (Lipinski definition) is 8. The van der Waals surface area contributed by atoms with Crippen molar-refractivity contribution in [2.24, 2.45) is 4.99 Å². The first kappa shape index (κ1) is 34.4. The first-order valence-corrected chi connectivity index (χ1v) is 17.3. The van der Waals surface area contributed by atoms with Crippen molar-refractivity contribution in [2.45, 2.75) is 39.3 Å². The van der Waals surface area contributed by atoms with Crippen molar-refractivity contribution in [3.05, 3.63) is 155 Å². The van der Waals surface area contributed by atoms with E-state index < -0.39 is 12.0 Å². The van der Waals surface area contributed by atoms with Crippen molar-refractivity contribution in [3.8, 4) is 17.6 Å². The summed E-state index contributed by atoms with van der Waals surface area (Å²) in [6.45, 7) is 6.26. The van der Waals surface area contributed by atoms with E-state index in [0.717, 1.165) is 16.7 Å². The van der Waals surface area contributed by atoms with Crippen LogP contribution in [0.3, 0.4) is 0 Å². The normalized spacial score (nSPS) is 14.2. The van der Waals surface area contributed by atoms with Crippen LogP contribution in [-0.4, -0.2) is 24.3 Å². The molecular weight excluding hydrogens is 670 g/mol. The van der Waals surface area contributed by atoms with Gasteiger partial charge in [-0.3, -0.25) is 9.36 Å². The van der Waals surface area contributed by atoms with Crippen LogP contribution in [0.4, 0.5) is 0 Å². The number of nitrogens with zero attached hydrogens (tertiary/aromatic N) is 3. The first-order chi connectivity index (χ1) is 24.2. The molecule has 0 radical (unpaired) electrons. The summed E-state index contributed by atoms with van der Waals surface area (Å²) in [6.07, 6.45) is 1.72. The molecule has 1 aliphatic rings. The molecule has 10 heteroatoms. The maximum Gasteiger partial charge on any atom is 0.338 e. The predicted molar refractivity (Wildman–Crippen MR) is 195 cm³/mol. The van der Waals surface area contributed by atoms with Gasteiger partial charge in [0.1, 0.15) is 6.61 Å². The molecule has 5 aromatic rings. The summed E-state index contributed by atoms with van der Waals surface area (Å²) in [6, 6.07) is 29.4. The lowest BCUT2D eigenvalue weighted by Crippen LogP contribution is -2.40. The smallest absolute Gasteiger partial charge is 0.338 e. The molecule has 0 spiro atoms. The molecule has 0 amide bonds. The van der Waals surface area contributed by atoms with Gasteiger partial charge in [-0.2, -0.15) is 5.26 Å². The molecule has 0 saturated carbocycles. The standard InChI is InChI=1S/C40H34ClN3O5S/c1-5-48-39(46)34-35(27-11-7-6-8-12-27)43-40-44(36(34)28-17-15-26(16-18-28)24(2)3)38(45)33(50-40)21-25-19-31(41)37(32(20-25)47-4)49-23-30-14-10-9-13-29(30)22-42/h6-21,24,36H,5,23H2,1-4H3/b33-21-/t36-/m0/s1. The van der Waals surface area contributed by atoms with Gasteiger partial charge in [0, 0.05) is 11.1 Å². The van der Waals surface area contributed by atoms with E-state index in [1.54, 1.807) is 41.8 Å². The third kappa shape index (κ3) is 6.86. The highest BCUT2D eigenvalue weighted by molar-refractivity contribution is 7.07. The van der Waals surface area contributed by atoms with Gasteiger partial charge in [-0.1, -0.05) is 110 Å². The maximum atomic E-state index is 14.4. The molecule has 2 heterocycles. The summed E-state index contributed by atoms with van der Waals surface area (Å²) in [4.78, 5) is 33.5. The fourth-order valence-corrected chi connectivity index (χ4v) is 7.11. The van der Waals surface area contributed by atoms with Crippen molar-refractivity contribution < 1.29 is 19.0 Å². The number of ether oxygens (including phenoxy) is 3. The predicted octanol–water partition coefficient (Wildman–Crippen LogP) is 7.17. The highest BCUT2D eigenvalue weighted by Gasteiger charge is 2.35. The number of benzene rings is 4. The van der Waals surface area contributed by atoms with E-state index in [1.807, 2.05) is 66.7 Å². The minimum atomic E-state index is -0.783. The Labute approximate surface area is 298 Å². The molecule has 0 fully saturated rings. The zero-order valence-electron chi connectivity index (χ0n) is 28.0. The fourth-order valence-electron chi connectivity index (χ4n) is 5.84. The molecule has 6 rings (SSSR count). The summed E-state index contributed by atoms with van der Waals surface area (Å²) < 4.78 is 19.2. The van der Waals surface area contributed by atoms with Gasteiger partial charge in [0.05, 0.1) is 52.2 Å². The van der Waals surface area contributed by atoms with Crippen LogP contribution >= 0.6 is 22.9 Å². The highest BCUT2D eigenvalue weighted by atomic mass is 35.5. The molecule has 252 valence electrons. The number of nitriles is 1. The number of halogens is 1. The van der Waals surface area contributed by atoms with Gasteiger partial charge in [-0.05, 0) is 53.8 Å². The van der Waals surface area contributed by atoms with Crippen LogP contribution in [0.2, 0.25) is 5.02 Å². The molecule has 1 aliphatic heterocycles. The topological polar surface area (TPSA) is 103 Å². The Kier molecular flexibility index (Phi) is 10.3. The van der Waals surface area contributed by atoms with E-state index in [1.165, 1.54) is 18.4 Å². The average Bonchev–Trinajstić information content (AvgIpc) is 3.44. The first-order valence-electron chi connectivity index (χ1n) is 16.1. The fraction of sp³-hybridized carbons (Fsp3) is 0.200. The lowest BCUT2D eigenvalue weighted by atomic mass is 9.91. The minimum absolute atomic E-state index is 0.114. The molecule has 1 atom stereocenters. The molecule has 50 heavy (non-hydrogen) atoms. The number of rotatable bonds is 10. The number of carbonyl (C=O) groups is 1. The Hall–Kier alpha value is -5.43. The zero-order chi connectivity index (χ0) is 35.4. The Balaban J connectivity index is 1.49. The third-order valence-corrected chi connectivity index (χ3v) is 9.62. The van der Waals surface area contributed by atoms with Crippen molar-refractivity contribution >= 4 is 40.7 Å². The third-order valence-electron chi connectivity index (χ3n) is 8.35. The SMILES string of the molecule is CCOC(=O)C1=C(c2ccccc2)N=c2s/c(=C\c3cc(Cl)c(OCc4ccccc4C#N)c(OC)c3)c(=O)n2[C@H]1c1ccc(C(C)C)cc1. The number of fused-ring (bicyclic) bond motifs is 1. The summed E-state index contributed by atoms with van der Waals surface area (Å²) in [7, 11) is 1.51. The van der Waals surface area contributed by atoms with Gasteiger partial charge in [0.2, 0.25) is 0 Å². The van der Waals surface area contributed by atoms with Gasteiger partial charge < -0.3 is 14.2 Å². The number of hydrogen-bond donors (Lipinski definition) is 0. The van der Waals surface area contributed by atoms with E-state index in [9.17, 15) is 14.9 Å². The second-order valence-electron chi connectivity index (χ2n) is 11.8. The van der Waals surface area contributed by atoms with Gasteiger partial charge >= 0.3 is 5.97 Å². The Bertz CT molecular complexity index is 2320. The van der Waals surface area contributed by atoms with Crippen LogP contribution < -0.4 is 24.4 Å². The van der Waals surface area contributed by atoms with E-state index in [2.05, 4.69) is 19.9 Å². The number of thiazole rings is 1. The second kappa shape index (κ2) is 15.0. The van der Waals surface area contributed by atoms with Crippen molar-refractivity contribution in [3.63, 3.8) is 0 Å². The van der Waals surface area contributed by atoms with Crippen molar-refractivity contribution in [1.82, 2.24) is 4.57 Å². The number of carbonyl (C=O) groups excluding carboxylic acids is 1. The Morgan fingerprint density at radius 1 is 1.06 bits per heavy atom. The molecule has 0 aliphatic carbocycles. The largest absolute Gasteiger partial charge is 0.493 e. The molecule has 0 unspecified atom stereocenters. The van der Waals surface area contributed by atoms with E-state index >= 15 is 0 Å². The van der Waals surface area contributed by atoms with Crippen molar-refractivity contribution in [2.75, 3.05) is 13.7 Å². The van der Waals surface area contributed by atoms with Crippen LogP contribution in [0.5, 0.6) is 11.5 Å². The van der Waals surface area contributed by atoms with Crippen LogP contribution in [0.1, 0.15) is 66.1 Å². The van der Waals surface area contributed by atoms with E-state index in [0.29, 0.717) is 54.7 Å². The average molecular weight is 704 g/mol. The molecule has 8 nitrogen and oxygen atoms in total.